The number of nitrogens with two attached hydrogens (primary N) is 1. The van der Waals surface area contributed by atoms with Gasteiger partial charge in [0.15, 0.2) is 0 Å². The molecule has 2 N–H and O–H groups in total. The topological polar surface area (TPSA) is 26.0 Å². The van der Waals surface area contributed by atoms with Crippen LogP contribution in [0, 0.1) is 5.82 Å². The molecule has 1 atom stereocenters. The first-order valence-electron chi connectivity index (χ1n) is 5.62. The Morgan fingerprint density at radius 2 is 1.95 bits per heavy atom. The van der Waals surface area contributed by atoms with Crippen LogP contribution in [0.5, 0.6) is 0 Å². The predicted molar refractivity (Wildman–Crippen MR) is 81.2 cm³/mol. The maximum absolute atomic E-state index is 13.9. The van der Waals surface area contributed by atoms with Crippen LogP contribution in [0.15, 0.2) is 40.9 Å². The van der Waals surface area contributed by atoms with Gasteiger partial charge in [0.2, 0.25) is 0 Å². The SMILES string of the molecule is NC(Cc1ccc(Cl)cc1Cl)c1cccc(Br)c1F. The summed E-state index contributed by atoms with van der Waals surface area (Å²) in [6.07, 6.45) is 0.448. The third-order valence-electron chi connectivity index (χ3n) is 2.84. The maximum atomic E-state index is 13.9. The molecule has 0 saturated heterocycles. The first-order valence-corrected chi connectivity index (χ1v) is 7.17. The number of halogens is 4. The predicted octanol–water partition coefficient (Wildman–Crippen LogP) is 5.14. The van der Waals surface area contributed by atoms with Crippen LogP contribution in [0.4, 0.5) is 4.39 Å². The van der Waals surface area contributed by atoms with Crippen LogP contribution in [0.25, 0.3) is 0 Å². The van der Waals surface area contributed by atoms with Gasteiger partial charge < -0.3 is 5.73 Å². The highest BCUT2D eigenvalue weighted by Crippen LogP contribution is 2.28. The third-order valence-corrected chi connectivity index (χ3v) is 4.04. The van der Waals surface area contributed by atoms with Crippen LogP contribution >= 0.6 is 39.1 Å². The molecule has 0 aliphatic heterocycles. The molecule has 0 heterocycles. The highest BCUT2D eigenvalue weighted by Gasteiger charge is 2.15. The summed E-state index contributed by atoms with van der Waals surface area (Å²) in [5, 5.41) is 1.11. The summed E-state index contributed by atoms with van der Waals surface area (Å²) in [4.78, 5) is 0. The Morgan fingerprint density at radius 1 is 1.21 bits per heavy atom. The second-order valence-electron chi connectivity index (χ2n) is 4.19. The van der Waals surface area contributed by atoms with E-state index in [0.717, 1.165) is 5.56 Å². The fourth-order valence-corrected chi connectivity index (χ4v) is 2.71. The van der Waals surface area contributed by atoms with Gasteiger partial charge in [0.25, 0.3) is 0 Å². The molecule has 2 rings (SSSR count). The monoisotopic (exact) mass is 361 g/mol. The van der Waals surface area contributed by atoms with Crippen LogP contribution in [-0.2, 0) is 6.42 Å². The van der Waals surface area contributed by atoms with Gasteiger partial charge >= 0.3 is 0 Å². The van der Waals surface area contributed by atoms with Crippen molar-refractivity contribution in [3.63, 3.8) is 0 Å². The van der Waals surface area contributed by atoms with Crippen LogP contribution in [0.2, 0.25) is 10.0 Å². The van der Waals surface area contributed by atoms with E-state index in [0.29, 0.717) is 26.5 Å². The smallest absolute Gasteiger partial charge is 0.142 e. The molecule has 0 aliphatic rings. The van der Waals surface area contributed by atoms with Crippen molar-refractivity contribution in [2.75, 3.05) is 0 Å². The zero-order chi connectivity index (χ0) is 14.0. The molecule has 2 aromatic carbocycles. The van der Waals surface area contributed by atoms with Crippen molar-refractivity contribution in [3.8, 4) is 0 Å². The third kappa shape index (κ3) is 3.48. The number of rotatable bonds is 3. The molecule has 0 amide bonds. The highest BCUT2D eigenvalue weighted by atomic mass is 79.9. The van der Waals surface area contributed by atoms with E-state index in [4.69, 9.17) is 28.9 Å². The van der Waals surface area contributed by atoms with Gasteiger partial charge in [-0.1, -0.05) is 41.4 Å². The zero-order valence-corrected chi connectivity index (χ0v) is 12.9. The van der Waals surface area contributed by atoms with E-state index in [1.807, 2.05) is 0 Å². The Kier molecular flexibility index (Phi) is 4.85. The minimum absolute atomic E-state index is 0.333. The molecule has 19 heavy (non-hydrogen) atoms. The molecule has 0 aromatic heterocycles. The first-order chi connectivity index (χ1) is 8.99. The standard InChI is InChI=1S/C14H11BrCl2FN/c15-11-3-1-2-10(14(11)18)13(19)6-8-4-5-9(16)7-12(8)17/h1-5,7,13H,6,19H2. The molecule has 0 fully saturated rings. The Labute approximate surface area is 129 Å². The highest BCUT2D eigenvalue weighted by molar-refractivity contribution is 9.10. The van der Waals surface area contributed by atoms with Crippen molar-refractivity contribution < 1.29 is 4.39 Å². The van der Waals surface area contributed by atoms with E-state index in [1.165, 1.54) is 0 Å². The van der Waals surface area contributed by atoms with Crippen LogP contribution in [0.3, 0.4) is 0 Å². The largest absolute Gasteiger partial charge is 0.324 e. The lowest BCUT2D eigenvalue weighted by molar-refractivity contribution is 0.575. The van der Waals surface area contributed by atoms with Crippen molar-refractivity contribution >= 4 is 39.1 Å². The molecule has 0 radical (unpaired) electrons. The molecular weight excluding hydrogens is 352 g/mol. The Bertz CT molecular complexity index is 604. The van der Waals surface area contributed by atoms with E-state index >= 15 is 0 Å². The van der Waals surface area contributed by atoms with E-state index < -0.39 is 6.04 Å². The lowest BCUT2D eigenvalue weighted by Crippen LogP contribution is -2.15. The first kappa shape index (κ1) is 14.8. The van der Waals surface area contributed by atoms with Crippen molar-refractivity contribution in [1.82, 2.24) is 0 Å². The van der Waals surface area contributed by atoms with Gasteiger partial charge in [-0.25, -0.2) is 4.39 Å². The van der Waals surface area contributed by atoms with Gasteiger partial charge in [-0.2, -0.15) is 0 Å². The molecule has 0 spiro atoms. The molecule has 0 bridgehead atoms. The minimum atomic E-state index is -0.462. The average Bonchev–Trinajstić information content (AvgIpc) is 2.36. The van der Waals surface area contributed by atoms with Gasteiger partial charge in [-0.15, -0.1) is 0 Å². The van der Waals surface area contributed by atoms with Gasteiger partial charge in [0.1, 0.15) is 5.82 Å². The molecule has 1 nitrogen and oxygen atoms in total. The summed E-state index contributed by atoms with van der Waals surface area (Å²) in [7, 11) is 0. The van der Waals surface area contributed by atoms with Crippen molar-refractivity contribution in [3.05, 3.63) is 67.9 Å². The summed E-state index contributed by atoms with van der Waals surface area (Å²) < 4.78 is 14.3. The number of benzene rings is 2. The second-order valence-corrected chi connectivity index (χ2v) is 5.89. The summed E-state index contributed by atoms with van der Waals surface area (Å²) >= 11 is 15.1. The van der Waals surface area contributed by atoms with Gasteiger partial charge in [0, 0.05) is 21.7 Å². The van der Waals surface area contributed by atoms with Crippen LogP contribution in [-0.4, -0.2) is 0 Å². The summed E-state index contributed by atoms with van der Waals surface area (Å²) in [6, 6.07) is 9.81. The average molecular weight is 363 g/mol. The van der Waals surface area contributed by atoms with Crippen LogP contribution in [0.1, 0.15) is 17.2 Å². The van der Waals surface area contributed by atoms with Gasteiger partial charge in [-0.05, 0) is 46.1 Å². The molecule has 5 heteroatoms. The minimum Gasteiger partial charge on any atom is -0.324 e. The maximum Gasteiger partial charge on any atom is 0.142 e. The number of hydrogen-bond acceptors (Lipinski definition) is 1. The van der Waals surface area contributed by atoms with E-state index in [1.54, 1.807) is 36.4 Å². The molecule has 0 saturated carbocycles. The molecule has 1 unspecified atom stereocenters. The summed E-state index contributed by atoms with van der Waals surface area (Å²) in [6.45, 7) is 0. The fourth-order valence-electron chi connectivity index (χ4n) is 1.84. The van der Waals surface area contributed by atoms with E-state index in [-0.39, 0.29) is 5.82 Å². The molecular formula is C14H11BrCl2FN. The summed E-state index contributed by atoms with van der Waals surface area (Å²) in [5.41, 5.74) is 7.36. The normalized spacial score (nSPS) is 12.5. The molecule has 100 valence electrons. The van der Waals surface area contributed by atoms with Gasteiger partial charge in [0.05, 0.1) is 4.47 Å². The lowest BCUT2D eigenvalue weighted by atomic mass is 9.99. The van der Waals surface area contributed by atoms with Crippen molar-refractivity contribution in [2.24, 2.45) is 5.73 Å². The fraction of sp³-hybridized carbons (Fsp3) is 0.143. The number of hydrogen-bond donors (Lipinski definition) is 1. The Balaban J connectivity index is 2.25. The van der Waals surface area contributed by atoms with Crippen molar-refractivity contribution in [2.45, 2.75) is 12.5 Å². The second kappa shape index (κ2) is 6.23. The van der Waals surface area contributed by atoms with E-state index in [9.17, 15) is 4.39 Å². The summed E-state index contributed by atoms with van der Waals surface area (Å²) in [5.74, 6) is -0.333. The van der Waals surface area contributed by atoms with E-state index in [2.05, 4.69) is 15.9 Å². The van der Waals surface area contributed by atoms with Crippen molar-refractivity contribution in [1.29, 1.82) is 0 Å². The Hall–Kier alpha value is -0.610. The van der Waals surface area contributed by atoms with Gasteiger partial charge in [-0.3, -0.25) is 0 Å². The quantitative estimate of drug-likeness (QED) is 0.803. The lowest BCUT2D eigenvalue weighted by Gasteiger charge is -2.15. The molecule has 0 aliphatic carbocycles. The molecule has 2 aromatic rings. The zero-order valence-electron chi connectivity index (χ0n) is 9.84. The Morgan fingerprint density at radius 3 is 2.63 bits per heavy atom. The van der Waals surface area contributed by atoms with Crippen LogP contribution < -0.4 is 5.73 Å².